The number of amides is 1. The molecule has 1 saturated carbocycles. The number of nitrogens with zero attached hydrogens (tertiary/aromatic N) is 1. The second-order valence-electron chi connectivity index (χ2n) is 7.89. The normalized spacial score (nSPS) is 22.5. The van der Waals surface area contributed by atoms with Crippen molar-refractivity contribution in [1.82, 2.24) is 4.90 Å². The van der Waals surface area contributed by atoms with Gasteiger partial charge in [-0.3, -0.25) is 9.59 Å². The van der Waals surface area contributed by atoms with E-state index < -0.39 is 5.97 Å². The van der Waals surface area contributed by atoms with E-state index in [1.54, 1.807) is 0 Å². The van der Waals surface area contributed by atoms with Crippen LogP contribution in [0.4, 0.5) is 0 Å². The van der Waals surface area contributed by atoms with Crippen LogP contribution in [0.25, 0.3) is 0 Å². The van der Waals surface area contributed by atoms with E-state index >= 15 is 0 Å². The Morgan fingerprint density at radius 1 is 0.963 bits per heavy atom. The molecule has 1 atom stereocenters. The monoisotopic (exact) mass is 363 g/mol. The fourth-order valence-electron chi connectivity index (χ4n) is 4.78. The second-order valence-corrected chi connectivity index (χ2v) is 7.89. The first-order chi connectivity index (χ1) is 13.1. The summed E-state index contributed by atoms with van der Waals surface area (Å²) in [6.07, 6.45) is 2.32. The molecule has 1 unspecified atom stereocenters. The zero-order chi connectivity index (χ0) is 18.6. The van der Waals surface area contributed by atoms with Crippen LogP contribution in [0.1, 0.15) is 36.3 Å². The van der Waals surface area contributed by atoms with Crippen LogP contribution in [-0.2, 0) is 9.59 Å². The van der Waals surface area contributed by atoms with Gasteiger partial charge in [-0.2, -0.15) is 0 Å². The number of ether oxygens (including phenoxy) is 1. The zero-order valence-electron chi connectivity index (χ0n) is 14.9. The van der Waals surface area contributed by atoms with E-state index in [9.17, 15) is 14.7 Å². The Hall–Kier alpha value is -2.82. The standard InChI is InChI=1S/C22H21NO4/c24-20(23-11-9-22(10-12-23)13-16(22)21(25)26)19-14-5-1-3-7-17(14)27-18-8-4-2-6-15(18)19/h1-8,16,19H,9-13H2,(H,25,26). The molecule has 1 saturated heterocycles. The van der Waals surface area contributed by atoms with Gasteiger partial charge in [0.1, 0.15) is 11.5 Å². The van der Waals surface area contributed by atoms with Gasteiger partial charge in [0, 0.05) is 24.2 Å². The van der Waals surface area contributed by atoms with Crippen LogP contribution in [0.15, 0.2) is 48.5 Å². The van der Waals surface area contributed by atoms with Gasteiger partial charge >= 0.3 is 5.97 Å². The van der Waals surface area contributed by atoms with E-state index in [-0.39, 0.29) is 23.2 Å². The third-order valence-electron chi connectivity index (χ3n) is 6.49. The molecule has 0 bridgehead atoms. The fourth-order valence-corrected chi connectivity index (χ4v) is 4.78. The highest BCUT2D eigenvalue weighted by Gasteiger charge is 2.59. The number of likely N-dealkylation sites (tertiary alicyclic amines) is 1. The summed E-state index contributed by atoms with van der Waals surface area (Å²) < 4.78 is 5.99. The van der Waals surface area contributed by atoms with Gasteiger partial charge in [-0.05, 0) is 36.8 Å². The molecule has 1 N–H and O–H groups in total. The lowest BCUT2D eigenvalue weighted by Gasteiger charge is -2.36. The molecule has 2 heterocycles. The quantitative estimate of drug-likeness (QED) is 0.885. The van der Waals surface area contributed by atoms with Crippen molar-refractivity contribution in [3.05, 3.63) is 59.7 Å². The van der Waals surface area contributed by atoms with Gasteiger partial charge in [0.25, 0.3) is 0 Å². The Morgan fingerprint density at radius 2 is 1.52 bits per heavy atom. The third-order valence-corrected chi connectivity index (χ3v) is 6.49. The SMILES string of the molecule is O=C(O)C1CC12CCN(C(=O)C1c3ccccc3Oc3ccccc31)CC2. The summed E-state index contributed by atoms with van der Waals surface area (Å²) in [5.74, 6) is 0.268. The molecular formula is C22H21NO4. The lowest BCUT2D eigenvalue weighted by atomic mass is 9.85. The molecule has 2 aromatic carbocycles. The molecule has 1 spiro atoms. The second kappa shape index (κ2) is 5.84. The molecule has 1 amide bonds. The highest BCUT2D eigenvalue weighted by molar-refractivity contribution is 5.90. The summed E-state index contributed by atoms with van der Waals surface area (Å²) in [5, 5.41) is 9.27. The Bertz CT molecular complexity index is 884. The predicted molar refractivity (Wildman–Crippen MR) is 98.8 cm³/mol. The van der Waals surface area contributed by atoms with Gasteiger partial charge in [0.05, 0.1) is 11.8 Å². The van der Waals surface area contributed by atoms with Crippen LogP contribution >= 0.6 is 0 Å². The molecule has 2 aliphatic heterocycles. The lowest BCUT2D eigenvalue weighted by Crippen LogP contribution is -2.43. The Balaban J connectivity index is 1.42. The zero-order valence-corrected chi connectivity index (χ0v) is 14.9. The molecule has 0 aromatic heterocycles. The van der Waals surface area contributed by atoms with Crippen molar-refractivity contribution >= 4 is 11.9 Å². The van der Waals surface area contributed by atoms with E-state index in [2.05, 4.69) is 0 Å². The largest absolute Gasteiger partial charge is 0.481 e. The average Bonchev–Trinajstić information content (AvgIpc) is 3.40. The molecule has 5 nitrogen and oxygen atoms in total. The van der Waals surface area contributed by atoms with Gasteiger partial charge in [0.2, 0.25) is 5.91 Å². The lowest BCUT2D eigenvalue weighted by molar-refractivity contribution is -0.140. The molecule has 3 aliphatic rings. The highest BCUT2D eigenvalue weighted by Crippen LogP contribution is 2.59. The third kappa shape index (κ3) is 2.52. The molecule has 0 radical (unpaired) electrons. The number of para-hydroxylation sites is 2. The van der Waals surface area contributed by atoms with Gasteiger partial charge in [-0.15, -0.1) is 0 Å². The number of carbonyl (C=O) groups is 2. The maximum Gasteiger partial charge on any atom is 0.307 e. The molecule has 5 heteroatoms. The first kappa shape index (κ1) is 16.4. The van der Waals surface area contributed by atoms with Crippen molar-refractivity contribution in [1.29, 1.82) is 0 Å². The number of hydrogen-bond donors (Lipinski definition) is 1. The van der Waals surface area contributed by atoms with E-state index in [0.717, 1.165) is 41.9 Å². The summed E-state index contributed by atoms with van der Waals surface area (Å²) >= 11 is 0. The number of carbonyl (C=O) groups excluding carboxylic acids is 1. The molecule has 5 rings (SSSR count). The molecule has 2 aromatic rings. The van der Waals surface area contributed by atoms with Crippen molar-refractivity contribution in [2.45, 2.75) is 25.2 Å². The highest BCUT2D eigenvalue weighted by atomic mass is 16.5. The van der Waals surface area contributed by atoms with Crippen molar-refractivity contribution in [3.63, 3.8) is 0 Å². The number of piperidine rings is 1. The van der Waals surface area contributed by atoms with Crippen molar-refractivity contribution in [3.8, 4) is 11.5 Å². The Morgan fingerprint density at radius 3 is 2.04 bits per heavy atom. The van der Waals surface area contributed by atoms with Crippen molar-refractivity contribution in [2.75, 3.05) is 13.1 Å². The molecule has 1 aliphatic carbocycles. The maximum atomic E-state index is 13.5. The summed E-state index contributed by atoms with van der Waals surface area (Å²) in [5.41, 5.74) is 1.72. The van der Waals surface area contributed by atoms with Crippen LogP contribution in [0.5, 0.6) is 11.5 Å². The van der Waals surface area contributed by atoms with Crippen LogP contribution in [0.3, 0.4) is 0 Å². The summed E-state index contributed by atoms with van der Waals surface area (Å²) in [4.78, 5) is 26.7. The molecular weight excluding hydrogens is 342 g/mol. The molecule has 138 valence electrons. The minimum Gasteiger partial charge on any atom is -0.481 e. The number of fused-ring (bicyclic) bond motifs is 2. The average molecular weight is 363 g/mol. The van der Waals surface area contributed by atoms with Crippen LogP contribution in [-0.4, -0.2) is 35.0 Å². The molecule has 27 heavy (non-hydrogen) atoms. The number of hydrogen-bond acceptors (Lipinski definition) is 3. The Labute approximate surface area is 157 Å². The van der Waals surface area contributed by atoms with Gasteiger partial charge in [-0.1, -0.05) is 36.4 Å². The van der Waals surface area contributed by atoms with E-state index in [1.807, 2.05) is 53.4 Å². The smallest absolute Gasteiger partial charge is 0.307 e. The number of aliphatic carboxylic acids is 1. The maximum absolute atomic E-state index is 13.5. The van der Waals surface area contributed by atoms with Gasteiger partial charge < -0.3 is 14.7 Å². The number of carboxylic acid groups (broad SMARTS) is 1. The van der Waals surface area contributed by atoms with E-state index in [1.165, 1.54) is 0 Å². The van der Waals surface area contributed by atoms with Crippen LogP contribution < -0.4 is 4.74 Å². The Kier molecular flexibility index (Phi) is 3.54. The minimum atomic E-state index is -0.693. The first-order valence-corrected chi connectivity index (χ1v) is 9.46. The summed E-state index contributed by atoms with van der Waals surface area (Å²) in [6.45, 7) is 1.26. The van der Waals surface area contributed by atoms with E-state index in [0.29, 0.717) is 13.1 Å². The number of rotatable bonds is 2. The van der Waals surface area contributed by atoms with Crippen LogP contribution in [0.2, 0.25) is 0 Å². The van der Waals surface area contributed by atoms with Gasteiger partial charge in [-0.25, -0.2) is 0 Å². The van der Waals surface area contributed by atoms with Crippen molar-refractivity contribution in [2.24, 2.45) is 11.3 Å². The first-order valence-electron chi connectivity index (χ1n) is 9.46. The van der Waals surface area contributed by atoms with E-state index in [4.69, 9.17) is 4.74 Å². The summed E-state index contributed by atoms with van der Waals surface area (Å²) in [7, 11) is 0. The number of benzene rings is 2. The van der Waals surface area contributed by atoms with Crippen LogP contribution in [0, 0.1) is 11.3 Å². The predicted octanol–water partition coefficient (Wildman–Crippen LogP) is 3.64. The van der Waals surface area contributed by atoms with Gasteiger partial charge in [0.15, 0.2) is 0 Å². The minimum absolute atomic E-state index is 0.0753. The number of carboxylic acids is 1. The van der Waals surface area contributed by atoms with Crippen molar-refractivity contribution < 1.29 is 19.4 Å². The molecule has 2 fully saturated rings. The topological polar surface area (TPSA) is 66.8 Å². The fraction of sp³-hybridized carbons (Fsp3) is 0.364. The summed E-state index contributed by atoms with van der Waals surface area (Å²) in [6, 6.07) is 15.4.